The van der Waals surface area contributed by atoms with E-state index in [1.807, 2.05) is 26.0 Å². The molecule has 1 aromatic carbocycles. The van der Waals surface area contributed by atoms with E-state index < -0.39 is 0 Å². The molecule has 0 bridgehead atoms. The van der Waals surface area contributed by atoms with Crippen molar-refractivity contribution < 1.29 is 9.47 Å². The highest BCUT2D eigenvalue weighted by Gasteiger charge is 2.07. The van der Waals surface area contributed by atoms with Crippen LogP contribution in [0.15, 0.2) is 23.2 Å². The molecule has 0 saturated heterocycles. The summed E-state index contributed by atoms with van der Waals surface area (Å²) >= 11 is 1.63. The highest BCUT2D eigenvalue weighted by molar-refractivity contribution is 14.0. The van der Waals surface area contributed by atoms with Gasteiger partial charge >= 0.3 is 0 Å². The van der Waals surface area contributed by atoms with Gasteiger partial charge in [-0.05, 0) is 26.0 Å². The van der Waals surface area contributed by atoms with E-state index in [2.05, 4.69) is 15.3 Å². The number of rotatable bonds is 5. The van der Waals surface area contributed by atoms with Crippen LogP contribution >= 0.6 is 35.3 Å². The fourth-order valence-electron chi connectivity index (χ4n) is 1.85. The van der Waals surface area contributed by atoms with E-state index in [0.29, 0.717) is 29.7 Å². The number of anilines is 1. The number of hydrogen-bond donors (Lipinski definition) is 2. The zero-order valence-corrected chi connectivity index (χ0v) is 16.7. The predicted octanol–water partition coefficient (Wildman–Crippen LogP) is 3.32. The Morgan fingerprint density at radius 2 is 2.04 bits per heavy atom. The molecule has 0 aliphatic rings. The van der Waals surface area contributed by atoms with Crippen molar-refractivity contribution in [2.45, 2.75) is 20.4 Å². The molecule has 0 aliphatic heterocycles. The number of nitrogens with two attached hydrogens (primary N) is 1. The molecule has 3 N–H and O–H groups in total. The second kappa shape index (κ2) is 8.92. The van der Waals surface area contributed by atoms with Gasteiger partial charge in [-0.25, -0.2) is 9.98 Å². The van der Waals surface area contributed by atoms with E-state index in [9.17, 15) is 0 Å². The van der Waals surface area contributed by atoms with Gasteiger partial charge in [0.25, 0.3) is 0 Å². The van der Waals surface area contributed by atoms with Gasteiger partial charge in [-0.2, -0.15) is 0 Å². The molecule has 0 aliphatic carbocycles. The highest BCUT2D eigenvalue weighted by Crippen LogP contribution is 2.28. The first-order chi connectivity index (χ1) is 10.5. The number of ether oxygens (including phenoxy) is 2. The van der Waals surface area contributed by atoms with Gasteiger partial charge in [0.15, 0.2) is 5.96 Å². The van der Waals surface area contributed by atoms with Gasteiger partial charge in [0, 0.05) is 10.9 Å². The van der Waals surface area contributed by atoms with Crippen molar-refractivity contribution in [1.82, 2.24) is 4.98 Å². The molecule has 8 heteroatoms. The summed E-state index contributed by atoms with van der Waals surface area (Å²) in [6, 6.07) is 5.43. The zero-order chi connectivity index (χ0) is 16.1. The average molecular weight is 448 g/mol. The molecule has 0 atom stereocenters. The standard InChI is InChI=1S/C15H20N4O2S.HI/c1-9-10(2)22-14(18-9)8-17-15(16)19-12-7-11(20-3)5-6-13(12)21-4;/h5-7H,8H2,1-4H3,(H3,16,17,19);1H. The summed E-state index contributed by atoms with van der Waals surface area (Å²) in [7, 11) is 3.21. The summed E-state index contributed by atoms with van der Waals surface area (Å²) in [6.45, 7) is 4.48. The first kappa shape index (κ1) is 19.5. The molecule has 0 spiro atoms. The number of methoxy groups -OCH3 is 2. The van der Waals surface area contributed by atoms with Crippen LogP contribution in [-0.2, 0) is 6.54 Å². The Balaban J connectivity index is 0.00000264. The average Bonchev–Trinajstić information content (AvgIpc) is 2.83. The van der Waals surface area contributed by atoms with Crippen molar-refractivity contribution in [2.75, 3.05) is 19.5 Å². The SMILES string of the molecule is COc1ccc(OC)c(NC(N)=NCc2nc(C)c(C)s2)c1.I. The van der Waals surface area contributed by atoms with Crippen LogP contribution in [0.3, 0.4) is 0 Å². The summed E-state index contributed by atoms with van der Waals surface area (Å²) in [5, 5.41) is 3.97. The van der Waals surface area contributed by atoms with Crippen LogP contribution in [0.4, 0.5) is 5.69 Å². The third-order valence-corrected chi connectivity index (χ3v) is 4.18. The maximum absolute atomic E-state index is 5.93. The number of aliphatic imine (C=N–C) groups is 1. The molecule has 0 fully saturated rings. The molecule has 126 valence electrons. The van der Waals surface area contributed by atoms with Gasteiger partial charge in [-0.1, -0.05) is 0 Å². The summed E-state index contributed by atoms with van der Waals surface area (Å²) in [6.07, 6.45) is 0. The molecule has 2 aromatic rings. The second-order valence-corrected chi connectivity index (χ2v) is 5.93. The van der Waals surface area contributed by atoms with Crippen LogP contribution in [-0.4, -0.2) is 25.2 Å². The largest absolute Gasteiger partial charge is 0.497 e. The molecule has 0 radical (unpaired) electrons. The molecule has 1 aromatic heterocycles. The molecular weight excluding hydrogens is 427 g/mol. The lowest BCUT2D eigenvalue weighted by Gasteiger charge is -2.11. The van der Waals surface area contributed by atoms with Crippen LogP contribution in [0.2, 0.25) is 0 Å². The van der Waals surface area contributed by atoms with Gasteiger partial charge in [0.2, 0.25) is 0 Å². The first-order valence-corrected chi connectivity index (χ1v) is 7.57. The van der Waals surface area contributed by atoms with Crippen molar-refractivity contribution in [2.24, 2.45) is 10.7 Å². The number of halogens is 1. The molecule has 2 rings (SSSR count). The Morgan fingerprint density at radius 1 is 1.30 bits per heavy atom. The number of aryl methyl sites for hydroxylation is 2. The quantitative estimate of drug-likeness (QED) is 0.417. The van der Waals surface area contributed by atoms with Gasteiger partial charge in [0.05, 0.1) is 32.1 Å². The minimum atomic E-state index is 0. The number of nitrogens with one attached hydrogen (secondary N) is 1. The van der Waals surface area contributed by atoms with Crippen LogP contribution < -0.4 is 20.5 Å². The molecule has 1 heterocycles. The maximum Gasteiger partial charge on any atom is 0.193 e. The molecule has 0 saturated carbocycles. The van der Waals surface area contributed by atoms with Gasteiger partial charge in [0.1, 0.15) is 16.5 Å². The van der Waals surface area contributed by atoms with Crippen LogP contribution in [0.1, 0.15) is 15.6 Å². The van der Waals surface area contributed by atoms with Gasteiger partial charge < -0.3 is 20.5 Å². The first-order valence-electron chi connectivity index (χ1n) is 6.75. The molecule has 23 heavy (non-hydrogen) atoms. The fraction of sp³-hybridized carbons (Fsp3) is 0.333. The Kier molecular flexibility index (Phi) is 7.56. The number of nitrogens with zero attached hydrogens (tertiary/aromatic N) is 2. The zero-order valence-electron chi connectivity index (χ0n) is 13.5. The second-order valence-electron chi connectivity index (χ2n) is 4.64. The Morgan fingerprint density at radius 3 is 2.61 bits per heavy atom. The fourth-order valence-corrected chi connectivity index (χ4v) is 2.71. The third kappa shape index (κ3) is 5.24. The molecule has 6 nitrogen and oxygen atoms in total. The molecular formula is C15H21IN4O2S. The van der Waals surface area contributed by atoms with E-state index in [-0.39, 0.29) is 24.0 Å². The lowest BCUT2D eigenvalue weighted by Crippen LogP contribution is -2.23. The number of hydrogen-bond acceptors (Lipinski definition) is 5. The minimum absolute atomic E-state index is 0. The van der Waals surface area contributed by atoms with Crippen LogP contribution in [0.5, 0.6) is 11.5 Å². The topological polar surface area (TPSA) is 81.8 Å². The number of guanidine groups is 1. The summed E-state index contributed by atoms with van der Waals surface area (Å²) in [4.78, 5) is 9.94. The maximum atomic E-state index is 5.93. The van der Waals surface area contributed by atoms with E-state index in [0.717, 1.165) is 10.7 Å². The predicted molar refractivity (Wildman–Crippen MR) is 105 cm³/mol. The van der Waals surface area contributed by atoms with E-state index in [1.54, 1.807) is 31.6 Å². The molecule has 0 amide bonds. The van der Waals surface area contributed by atoms with Crippen LogP contribution in [0, 0.1) is 13.8 Å². The van der Waals surface area contributed by atoms with E-state index in [1.165, 1.54) is 4.88 Å². The number of thiazole rings is 1. The number of benzene rings is 1. The summed E-state index contributed by atoms with van der Waals surface area (Å²) in [5.74, 6) is 1.68. The minimum Gasteiger partial charge on any atom is -0.497 e. The molecule has 0 unspecified atom stereocenters. The lowest BCUT2D eigenvalue weighted by molar-refractivity contribution is 0.405. The van der Waals surface area contributed by atoms with Crippen LogP contribution in [0.25, 0.3) is 0 Å². The normalized spacial score (nSPS) is 10.9. The van der Waals surface area contributed by atoms with Crippen molar-refractivity contribution in [3.8, 4) is 11.5 Å². The van der Waals surface area contributed by atoms with Gasteiger partial charge in [-0.3, -0.25) is 0 Å². The van der Waals surface area contributed by atoms with Crippen molar-refractivity contribution >= 4 is 47.0 Å². The van der Waals surface area contributed by atoms with Crippen molar-refractivity contribution in [1.29, 1.82) is 0 Å². The Bertz CT molecular complexity index is 669. The van der Waals surface area contributed by atoms with E-state index >= 15 is 0 Å². The smallest absolute Gasteiger partial charge is 0.193 e. The summed E-state index contributed by atoms with van der Waals surface area (Å²) in [5.41, 5.74) is 7.67. The number of aromatic nitrogens is 1. The summed E-state index contributed by atoms with van der Waals surface area (Å²) < 4.78 is 10.5. The van der Waals surface area contributed by atoms with Crippen molar-refractivity contribution in [3.05, 3.63) is 33.8 Å². The Hall–Kier alpha value is -1.55. The Labute approximate surface area is 157 Å². The highest BCUT2D eigenvalue weighted by atomic mass is 127. The third-order valence-electron chi connectivity index (χ3n) is 3.13. The van der Waals surface area contributed by atoms with Crippen molar-refractivity contribution in [3.63, 3.8) is 0 Å². The monoisotopic (exact) mass is 448 g/mol. The van der Waals surface area contributed by atoms with Gasteiger partial charge in [-0.15, -0.1) is 35.3 Å². The lowest BCUT2D eigenvalue weighted by atomic mass is 10.2. The van der Waals surface area contributed by atoms with E-state index in [4.69, 9.17) is 15.2 Å².